The van der Waals surface area contributed by atoms with E-state index >= 15 is 0 Å². The molecule has 0 fully saturated rings. The lowest BCUT2D eigenvalue weighted by molar-refractivity contribution is -0.136. The van der Waals surface area contributed by atoms with Gasteiger partial charge in [-0.15, -0.1) is 0 Å². The van der Waals surface area contributed by atoms with Crippen molar-refractivity contribution in [3.8, 4) is 5.75 Å². The standard InChI is InChI=1S/C19H22N2O5/c1-12(2)21-17(22)11-26-16-10-14-6-4-3-5-13(14)9-15(16)19(25)20-8-7-18(23)24/h3-6,9-10,12H,7-8,11H2,1-2H3,(H,20,25)(H,21,22)(H,23,24). The molecule has 26 heavy (non-hydrogen) atoms. The Bertz CT molecular complexity index is 817. The third-order valence-electron chi connectivity index (χ3n) is 3.53. The molecule has 7 nitrogen and oxygen atoms in total. The third kappa shape index (κ3) is 5.47. The third-order valence-corrected chi connectivity index (χ3v) is 3.53. The first-order chi connectivity index (χ1) is 12.4. The molecular formula is C19H22N2O5. The number of carboxylic acid groups (broad SMARTS) is 1. The van der Waals surface area contributed by atoms with Crippen LogP contribution in [0.5, 0.6) is 5.75 Å². The van der Waals surface area contributed by atoms with Crippen molar-refractivity contribution in [2.75, 3.05) is 13.2 Å². The molecule has 2 aromatic rings. The lowest BCUT2D eigenvalue weighted by Gasteiger charge is -2.14. The number of carbonyl (C=O) groups is 3. The Hall–Kier alpha value is -3.09. The molecule has 0 aliphatic rings. The molecule has 138 valence electrons. The van der Waals surface area contributed by atoms with Crippen LogP contribution in [0.4, 0.5) is 0 Å². The lowest BCUT2D eigenvalue weighted by Crippen LogP contribution is -2.34. The van der Waals surface area contributed by atoms with Gasteiger partial charge in [0.15, 0.2) is 6.61 Å². The summed E-state index contributed by atoms with van der Waals surface area (Å²) in [6.45, 7) is 3.48. The zero-order chi connectivity index (χ0) is 19.1. The van der Waals surface area contributed by atoms with Crippen molar-refractivity contribution >= 4 is 28.6 Å². The summed E-state index contributed by atoms with van der Waals surface area (Å²) in [4.78, 5) is 34.8. The summed E-state index contributed by atoms with van der Waals surface area (Å²) < 4.78 is 5.57. The molecule has 0 bridgehead atoms. The Morgan fingerprint density at radius 1 is 1.12 bits per heavy atom. The molecule has 0 saturated heterocycles. The molecule has 0 radical (unpaired) electrons. The summed E-state index contributed by atoms with van der Waals surface area (Å²) in [7, 11) is 0. The van der Waals surface area contributed by atoms with Crippen LogP contribution in [0.1, 0.15) is 30.6 Å². The molecule has 2 aromatic carbocycles. The molecule has 0 aliphatic heterocycles. The lowest BCUT2D eigenvalue weighted by atomic mass is 10.1. The minimum Gasteiger partial charge on any atom is -0.483 e. The van der Waals surface area contributed by atoms with E-state index in [0.29, 0.717) is 0 Å². The second kappa shape index (κ2) is 8.84. The molecule has 0 aromatic heterocycles. The molecule has 0 heterocycles. The van der Waals surface area contributed by atoms with Crippen molar-refractivity contribution in [3.05, 3.63) is 42.0 Å². The fourth-order valence-electron chi connectivity index (χ4n) is 2.40. The summed E-state index contributed by atoms with van der Waals surface area (Å²) in [5, 5.41) is 15.7. The van der Waals surface area contributed by atoms with Crippen LogP contribution in [-0.4, -0.2) is 42.1 Å². The van der Waals surface area contributed by atoms with Crippen LogP contribution in [-0.2, 0) is 9.59 Å². The number of carbonyl (C=O) groups excluding carboxylic acids is 2. The zero-order valence-electron chi connectivity index (χ0n) is 14.7. The van der Waals surface area contributed by atoms with Crippen molar-refractivity contribution in [2.45, 2.75) is 26.3 Å². The maximum absolute atomic E-state index is 12.4. The molecule has 0 unspecified atom stereocenters. The average Bonchev–Trinajstić information content (AvgIpc) is 2.58. The van der Waals surface area contributed by atoms with Crippen LogP contribution in [0.2, 0.25) is 0 Å². The molecule has 0 atom stereocenters. The number of nitrogens with one attached hydrogen (secondary N) is 2. The first kappa shape index (κ1) is 19.2. The van der Waals surface area contributed by atoms with E-state index in [4.69, 9.17) is 9.84 Å². The van der Waals surface area contributed by atoms with Gasteiger partial charge in [-0.1, -0.05) is 24.3 Å². The molecule has 3 N–H and O–H groups in total. The van der Waals surface area contributed by atoms with E-state index in [2.05, 4.69) is 10.6 Å². The van der Waals surface area contributed by atoms with Crippen LogP contribution < -0.4 is 15.4 Å². The van der Waals surface area contributed by atoms with Crippen LogP contribution >= 0.6 is 0 Å². The zero-order valence-corrected chi connectivity index (χ0v) is 14.7. The van der Waals surface area contributed by atoms with Crippen molar-refractivity contribution in [3.63, 3.8) is 0 Å². The molecule has 2 rings (SSSR count). The van der Waals surface area contributed by atoms with Gasteiger partial charge >= 0.3 is 5.97 Å². The van der Waals surface area contributed by atoms with Crippen LogP contribution in [0, 0.1) is 0 Å². The maximum atomic E-state index is 12.4. The average molecular weight is 358 g/mol. The van der Waals surface area contributed by atoms with Gasteiger partial charge < -0.3 is 20.5 Å². The van der Waals surface area contributed by atoms with Crippen molar-refractivity contribution in [1.29, 1.82) is 0 Å². The number of carboxylic acids is 1. The van der Waals surface area contributed by atoms with Gasteiger partial charge in [0.05, 0.1) is 12.0 Å². The Kier molecular flexibility index (Phi) is 6.54. The quantitative estimate of drug-likeness (QED) is 0.669. The van der Waals surface area contributed by atoms with E-state index in [-0.39, 0.29) is 42.8 Å². The number of amides is 2. The maximum Gasteiger partial charge on any atom is 0.305 e. The van der Waals surface area contributed by atoms with Crippen LogP contribution in [0.15, 0.2) is 36.4 Å². The van der Waals surface area contributed by atoms with Crippen molar-refractivity contribution in [1.82, 2.24) is 10.6 Å². The topological polar surface area (TPSA) is 105 Å². The number of hydrogen-bond donors (Lipinski definition) is 3. The van der Waals surface area contributed by atoms with E-state index in [1.165, 1.54) is 0 Å². The van der Waals surface area contributed by atoms with Crippen molar-refractivity contribution in [2.24, 2.45) is 0 Å². The number of ether oxygens (including phenoxy) is 1. The molecule has 7 heteroatoms. The van der Waals surface area contributed by atoms with Gasteiger partial charge in [-0.25, -0.2) is 0 Å². The smallest absolute Gasteiger partial charge is 0.305 e. The van der Waals surface area contributed by atoms with Gasteiger partial charge in [-0.05, 0) is 36.8 Å². The van der Waals surface area contributed by atoms with E-state index < -0.39 is 11.9 Å². The first-order valence-corrected chi connectivity index (χ1v) is 8.31. The van der Waals surface area contributed by atoms with E-state index in [1.54, 1.807) is 12.1 Å². The Morgan fingerprint density at radius 3 is 2.38 bits per heavy atom. The Balaban J connectivity index is 2.22. The number of aliphatic carboxylic acids is 1. The number of hydrogen-bond acceptors (Lipinski definition) is 4. The van der Waals surface area contributed by atoms with Gasteiger partial charge in [-0.3, -0.25) is 14.4 Å². The normalized spacial score (nSPS) is 10.6. The largest absolute Gasteiger partial charge is 0.483 e. The minimum atomic E-state index is -0.995. The molecule has 0 spiro atoms. The van der Waals surface area contributed by atoms with E-state index in [9.17, 15) is 14.4 Å². The Labute approximate surface area is 151 Å². The monoisotopic (exact) mass is 358 g/mol. The molecule has 0 aliphatic carbocycles. The highest BCUT2D eigenvalue weighted by atomic mass is 16.5. The molecule has 2 amide bonds. The predicted molar refractivity (Wildman–Crippen MR) is 97.3 cm³/mol. The van der Waals surface area contributed by atoms with Gasteiger partial charge in [0, 0.05) is 12.6 Å². The number of fused-ring (bicyclic) bond motifs is 1. The van der Waals surface area contributed by atoms with Crippen molar-refractivity contribution < 1.29 is 24.2 Å². The SMILES string of the molecule is CC(C)NC(=O)COc1cc2ccccc2cc1C(=O)NCCC(=O)O. The summed E-state index contributed by atoms with van der Waals surface area (Å²) in [5.41, 5.74) is 0.256. The van der Waals surface area contributed by atoms with Gasteiger partial charge in [0.25, 0.3) is 11.8 Å². The van der Waals surface area contributed by atoms with E-state index in [1.807, 2.05) is 38.1 Å². The summed E-state index contributed by atoms with van der Waals surface area (Å²) >= 11 is 0. The summed E-state index contributed by atoms with van der Waals surface area (Å²) in [6, 6.07) is 10.8. The van der Waals surface area contributed by atoms with Gasteiger partial charge in [0.1, 0.15) is 5.75 Å². The van der Waals surface area contributed by atoms with Crippen LogP contribution in [0.25, 0.3) is 10.8 Å². The highest BCUT2D eigenvalue weighted by Crippen LogP contribution is 2.26. The van der Waals surface area contributed by atoms with Gasteiger partial charge in [0.2, 0.25) is 0 Å². The first-order valence-electron chi connectivity index (χ1n) is 8.31. The number of benzene rings is 2. The van der Waals surface area contributed by atoms with E-state index in [0.717, 1.165) is 10.8 Å². The van der Waals surface area contributed by atoms with Gasteiger partial charge in [-0.2, -0.15) is 0 Å². The second-order valence-electron chi connectivity index (χ2n) is 6.11. The Morgan fingerprint density at radius 2 is 1.77 bits per heavy atom. The summed E-state index contributed by atoms with van der Waals surface area (Å²) in [6.07, 6.45) is -0.174. The highest BCUT2D eigenvalue weighted by molar-refractivity contribution is 6.01. The molecular weight excluding hydrogens is 336 g/mol. The molecule has 0 saturated carbocycles. The summed E-state index contributed by atoms with van der Waals surface area (Å²) in [5.74, 6) is -1.46. The highest BCUT2D eigenvalue weighted by Gasteiger charge is 2.16. The van der Waals surface area contributed by atoms with Crippen LogP contribution in [0.3, 0.4) is 0 Å². The second-order valence-corrected chi connectivity index (χ2v) is 6.11. The fraction of sp³-hybridized carbons (Fsp3) is 0.316. The number of rotatable bonds is 8. The fourth-order valence-corrected chi connectivity index (χ4v) is 2.40. The minimum absolute atomic E-state index is 0.00820. The predicted octanol–water partition coefficient (Wildman–Crippen LogP) is 1.95.